The third-order valence-electron chi connectivity index (χ3n) is 3.13. The van der Waals surface area contributed by atoms with Crippen molar-refractivity contribution in [1.82, 2.24) is 0 Å². The molecule has 0 N–H and O–H groups in total. The van der Waals surface area contributed by atoms with Gasteiger partial charge in [0.15, 0.2) is 0 Å². The van der Waals surface area contributed by atoms with E-state index in [-0.39, 0.29) is 6.10 Å². The SMILES string of the molecule is COC1CCCN(c2ccc(Br)cc2C#N)C1. The fraction of sp³-hybridized carbons (Fsp3) is 0.462. The number of methoxy groups -OCH3 is 1. The zero-order valence-corrected chi connectivity index (χ0v) is 11.4. The van der Waals surface area contributed by atoms with Crippen LogP contribution < -0.4 is 4.90 Å². The molecule has 1 heterocycles. The lowest BCUT2D eigenvalue weighted by atomic mass is 10.1. The zero-order valence-electron chi connectivity index (χ0n) is 9.82. The van der Waals surface area contributed by atoms with Gasteiger partial charge in [0.2, 0.25) is 0 Å². The number of nitriles is 1. The van der Waals surface area contributed by atoms with Gasteiger partial charge in [0.25, 0.3) is 0 Å². The number of rotatable bonds is 2. The van der Waals surface area contributed by atoms with Gasteiger partial charge in [-0.2, -0.15) is 5.26 Å². The Labute approximate surface area is 110 Å². The van der Waals surface area contributed by atoms with Crippen LogP contribution in [0.5, 0.6) is 0 Å². The van der Waals surface area contributed by atoms with Crippen LogP contribution in [0.2, 0.25) is 0 Å². The normalized spacial score (nSPS) is 20.1. The van der Waals surface area contributed by atoms with Crippen molar-refractivity contribution < 1.29 is 4.74 Å². The molecule has 1 saturated heterocycles. The van der Waals surface area contributed by atoms with E-state index in [1.807, 2.05) is 18.2 Å². The van der Waals surface area contributed by atoms with E-state index >= 15 is 0 Å². The minimum Gasteiger partial charge on any atom is -0.380 e. The third-order valence-corrected chi connectivity index (χ3v) is 3.62. The van der Waals surface area contributed by atoms with E-state index in [1.165, 1.54) is 0 Å². The molecular weight excluding hydrogens is 280 g/mol. The number of hydrogen-bond donors (Lipinski definition) is 0. The second kappa shape index (κ2) is 5.52. The number of ether oxygens (including phenoxy) is 1. The Morgan fingerprint density at radius 2 is 2.35 bits per heavy atom. The van der Waals surface area contributed by atoms with Crippen LogP contribution in [0.15, 0.2) is 22.7 Å². The van der Waals surface area contributed by atoms with E-state index in [0.717, 1.165) is 41.7 Å². The standard InChI is InChI=1S/C13H15BrN2O/c1-17-12-3-2-6-16(9-12)13-5-4-11(14)7-10(13)8-15/h4-5,7,12H,2-3,6,9H2,1H3. The van der Waals surface area contributed by atoms with Crippen molar-refractivity contribution in [1.29, 1.82) is 5.26 Å². The molecule has 0 bridgehead atoms. The lowest BCUT2D eigenvalue weighted by Crippen LogP contribution is -2.39. The summed E-state index contributed by atoms with van der Waals surface area (Å²) in [5.41, 5.74) is 1.73. The molecule has 17 heavy (non-hydrogen) atoms. The summed E-state index contributed by atoms with van der Waals surface area (Å²) < 4.78 is 6.35. The quantitative estimate of drug-likeness (QED) is 0.841. The molecule has 1 fully saturated rings. The first-order valence-corrected chi connectivity index (χ1v) is 6.51. The first-order chi connectivity index (χ1) is 8.24. The Morgan fingerprint density at radius 3 is 3.06 bits per heavy atom. The largest absolute Gasteiger partial charge is 0.380 e. The summed E-state index contributed by atoms with van der Waals surface area (Å²) in [4.78, 5) is 2.24. The van der Waals surface area contributed by atoms with Crippen molar-refractivity contribution in [3.05, 3.63) is 28.2 Å². The van der Waals surface area contributed by atoms with Crippen LogP contribution in [0.25, 0.3) is 0 Å². The third kappa shape index (κ3) is 2.80. The molecule has 4 heteroatoms. The van der Waals surface area contributed by atoms with Gasteiger partial charge in [-0.3, -0.25) is 0 Å². The Morgan fingerprint density at radius 1 is 1.53 bits per heavy atom. The number of hydrogen-bond acceptors (Lipinski definition) is 3. The first kappa shape index (κ1) is 12.4. The van der Waals surface area contributed by atoms with Crippen molar-refractivity contribution in [3.8, 4) is 6.07 Å². The Kier molecular flexibility index (Phi) is 4.03. The molecule has 1 aromatic rings. The molecule has 0 aromatic heterocycles. The molecule has 1 atom stereocenters. The average molecular weight is 295 g/mol. The monoisotopic (exact) mass is 294 g/mol. The second-order valence-electron chi connectivity index (χ2n) is 4.22. The summed E-state index contributed by atoms with van der Waals surface area (Å²) in [5.74, 6) is 0. The van der Waals surface area contributed by atoms with Gasteiger partial charge in [0.05, 0.1) is 17.4 Å². The van der Waals surface area contributed by atoms with Crippen LogP contribution in [0, 0.1) is 11.3 Å². The molecule has 0 saturated carbocycles. The maximum absolute atomic E-state index is 9.17. The van der Waals surface area contributed by atoms with Gasteiger partial charge in [-0.1, -0.05) is 15.9 Å². The predicted molar refractivity (Wildman–Crippen MR) is 71.1 cm³/mol. The van der Waals surface area contributed by atoms with Gasteiger partial charge in [-0.05, 0) is 31.0 Å². The highest BCUT2D eigenvalue weighted by molar-refractivity contribution is 9.10. The van der Waals surface area contributed by atoms with E-state index in [9.17, 15) is 0 Å². The van der Waals surface area contributed by atoms with Crippen LogP contribution in [0.3, 0.4) is 0 Å². The van der Waals surface area contributed by atoms with Crippen molar-refractivity contribution in [2.75, 3.05) is 25.1 Å². The molecule has 90 valence electrons. The van der Waals surface area contributed by atoms with Crippen LogP contribution in [0.4, 0.5) is 5.69 Å². The van der Waals surface area contributed by atoms with E-state index in [4.69, 9.17) is 10.00 Å². The van der Waals surface area contributed by atoms with E-state index in [2.05, 4.69) is 26.9 Å². The number of nitrogens with zero attached hydrogens (tertiary/aromatic N) is 2. The molecule has 1 aliphatic rings. The summed E-state index contributed by atoms with van der Waals surface area (Å²) in [6.45, 7) is 1.86. The Balaban J connectivity index is 2.24. The van der Waals surface area contributed by atoms with Gasteiger partial charge in [-0.15, -0.1) is 0 Å². The number of benzene rings is 1. The van der Waals surface area contributed by atoms with Crippen LogP contribution in [-0.2, 0) is 4.74 Å². The topological polar surface area (TPSA) is 36.3 Å². The van der Waals surface area contributed by atoms with Gasteiger partial charge in [0, 0.05) is 24.7 Å². The number of halogens is 1. The summed E-state index contributed by atoms with van der Waals surface area (Å²) in [6, 6.07) is 8.10. The van der Waals surface area contributed by atoms with Gasteiger partial charge in [-0.25, -0.2) is 0 Å². The van der Waals surface area contributed by atoms with E-state index in [1.54, 1.807) is 7.11 Å². The summed E-state index contributed by atoms with van der Waals surface area (Å²) in [6.07, 6.45) is 2.49. The minimum absolute atomic E-state index is 0.277. The number of piperidine rings is 1. The van der Waals surface area contributed by atoms with Gasteiger partial charge in [0.1, 0.15) is 6.07 Å². The molecule has 1 aliphatic heterocycles. The van der Waals surface area contributed by atoms with Crippen molar-refractivity contribution in [2.24, 2.45) is 0 Å². The molecule has 0 amide bonds. The maximum Gasteiger partial charge on any atom is 0.101 e. The molecule has 1 aromatic carbocycles. The van der Waals surface area contributed by atoms with Crippen LogP contribution in [-0.4, -0.2) is 26.3 Å². The average Bonchev–Trinajstić information content (AvgIpc) is 2.38. The molecule has 3 nitrogen and oxygen atoms in total. The summed E-state index contributed by atoms with van der Waals surface area (Å²) in [5, 5.41) is 9.17. The smallest absolute Gasteiger partial charge is 0.101 e. The van der Waals surface area contributed by atoms with Gasteiger partial charge < -0.3 is 9.64 Å². The maximum atomic E-state index is 9.17. The summed E-state index contributed by atoms with van der Waals surface area (Å²) >= 11 is 3.39. The predicted octanol–water partition coefficient (Wildman–Crippen LogP) is 2.94. The molecular formula is C13H15BrN2O. The highest BCUT2D eigenvalue weighted by Gasteiger charge is 2.21. The van der Waals surface area contributed by atoms with Crippen molar-refractivity contribution in [2.45, 2.75) is 18.9 Å². The lowest BCUT2D eigenvalue weighted by molar-refractivity contribution is 0.0893. The zero-order chi connectivity index (χ0) is 12.3. The van der Waals surface area contributed by atoms with Crippen LogP contribution in [0.1, 0.15) is 18.4 Å². The van der Waals surface area contributed by atoms with E-state index in [0.29, 0.717) is 0 Å². The molecule has 0 spiro atoms. The van der Waals surface area contributed by atoms with E-state index < -0.39 is 0 Å². The Hall–Kier alpha value is -1.05. The molecule has 0 radical (unpaired) electrons. The lowest BCUT2D eigenvalue weighted by Gasteiger charge is -2.34. The molecule has 0 aliphatic carbocycles. The fourth-order valence-electron chi connectivity index (χ4n) is 2.22. The highest BCUT2D eigenvalue weighted by atomic mass is 79.9. The van der Waals surface area contributed by atoms with Crippen LogP contribution >= 0.6 is 15.9 Å². The van der Waals surface area contributed by atoms with Crippen molar-refractivity contribution >= 4 is 21.6 Å². The van der Waals surface area contributed by atoms with Gasteiger partial charge >= 0.3 is 0 Å². The summed E-state index contributed by atoms with van der Waals surface area (Å²) in [7, 11) is 1.75. The first-order valence-electron chi connectivity index (χ1n) is 5.72. The fourth-order valence-corrected chi connectivity index (χ4v) is 2.58. The Bertz CT molecular complexity index is 442. The minimum atomic E-state index is 0.277. The highest BCUT2D eigenvalue weighted by Crippen LogP contribution is 2.27. The number of anilines is 1. The second-order valence-corrected chi connectivity index (χ2v) is 5.13. The molecule has 2 rings (SSSR count). The van der Waals surface area contributed by atoms with Crippen molar-refractivity contribution in [3.63, 3.8) is 0 Å². The molecule has 1 unspecified atom stereocenters.